The molecule has 0 spiro atoms. The van der Waals surface area contributed by atoms with E-state index in [2.05, 4.69) is 49.7 Å². The van der Waals surface area contributed by atoms with E-state index in [1.807, 2.05) is 12.1 Å². The van der Waals surface area contributed by atoms with Gasteiger partial charge in [0.1, 0.15) is 0 Å². The quantitative estimate of drug-likeness (QED) is 0.768. The Morgan fingerprint density at radius 3 is 2.40 bits per heavy atom. The third kappa shape index (κ3) is 1.67. The van der Waals surface area contributed by atoms with Gasteiger partial charge in [0, 0.05) is 11.9 Å². The van der Waals surface area contributed by atoms with E-state index in [0.717, 1.165) is 5.52 Å². The fraction of sp³-hybridized carbons (Fsp3) is 0.562. The van der Waals surface area contributed by atoms with Gasteiger partial charge in [-0.25, -0.2) is 4.79 Å². The van der Waals surface area contributed by atoms with Gasteiger partial charge in [-0.1, -0.05) is 49.7 Å². The smallest absolute Gasteiger partial charge is 0.408 e. The van der Waals surface area contributed by atoms with Gasteiger partial charge in [0.05, 0.1) is 5.52 Å². The SMILES string of the molecule is Cn1c(=O)oc2cc(C(Br)C3C(C)(C)C3(C)C)ccc21. The third-order valence-electron chi connectivity index (χ3n) is 5.56. The Kier molecular flexibility index (Phi) is 2.79. The number of halogens is 1. The molecule has 20 heavy (non-hydrogen) atoms. The molecule has 1 fully saturated rings. The van der Waals surface area contributed by atoms with Crippen LogP contribution in [-0.2, 0) is 7.05 Å². The van der Waals surface area contributed by atoms with Crippen LogP contribution in [0.1, 0.15) is 38.1 Å². The Bertz CT molecular complexity index is 725. The lowest BCUT2D eigenvalue weighted by atomic mass is 10.0. The summed E-state index contributed by atoms with van der Waals surface area (Å²) in [5.41, 5.74) is 3.31. The molecule has 3 rings (SSSR count). The van der Waals surface area contributed by atoms with Crippen LogP contribution in [0.4, 0.5) is 0 Å². The summed E-state index contributed by atoms with van der Waals surface area (Å²) < 4.78 is 6.82. The molecular weight excluding hydrogens is 318 g/mol. The molecule has 0 aliphatic heterocycles. The highest BCUT2D eigenvalue weighted by Crippen LogP contribution is 2.73. The molecule has 0 bridgehead atoms. The minimum atomic E-state index is -0.310. The summed E-state index contributed by atoms with van der Waals surface area (Å²) in [5, 5.41) is 0. The number of fused-ring (bicyclic) bond motifs is 1. The Morgan fingerprint density at radius 1 is 1.25 bits per heavy atom. The molecule has 1 atom stereocenters. The molecule has 1 aromatic heterocycles. The Labute approximate surface area is 127 Å². The standard InChI is InChI=1S/C16H20BrNO2/c1-15(2)13(16(15,3)4)12(17)9-6-7-10-11(8-9)20-14(19)18(10)5/h6-8,12-13H,1-5H3. The Hall–Kier alpha value is -1.03. The van der Waals surface area contributed by atoms with E-state index in [-0.39, 0.29) is 10.6 Å². The first-order valence-corrected chi connectivity index (χ1v) is 7.83. The summed E-state index contributed by atoms with van der Waals surface area (Å²) in [6.45, 7) is 9.25. The van der Waals surface area contributed by atoms with Crippen molar-refractivity contribution in [3.8, 4) is 0 Å². The van der Waals surface area contributed by atoms with Gasteiger partial charge in [-0.2, -0.15) is 0 Å². The van der Waals surface area contributed by atoms with Crippen LogP contribution in [0.3, 0.4) is 0 Å². The van der Waals surface area contributed by atoms with E-state index in [0.29, 0.717) is 22.3 Å². The molecule has 4 heteroatoms. The number of hydrogen-bond acceptors (Lipinski definition) is 2. The van der Waals surface area contributed by atoms with E-state index in [4.69, 9.17) is 4.42 Å². The molecule has 1 aromatic carbocycles. The number of oxazole rings is 1. The Balaban J connectivity index is 2.02. The lowest BCUT2D eigenvalue weighted by Gasteiger charge is -2.12. The van der Waals surface area contributed by atoms with Crippen LogP contribution in [0.5, 0.6) is 0 Å². The molecule has 2 aromatic rings. The van der Waals surface area contributed by atoms with Crippen molar-refractivity contribution in [1.82, 2.24) is 4.57 Å². The van der Waals surface area contributed by atoms with Crippen molar-refractivity contribution in [3.63, 3.8) is 0 Å². The maximum atomic E-state index is 11.6. The molecular formula is C16H20BrNO2. The predicted octanol–water partition coefficient (Wildman–Crippen LogP) is 4.25. The molecule has 0 amide bonds. The fourth-order valence-corrected chi connectivity index (χ4v) is 5.10. The largest absolute Gasteiger partial charge is 0.419 e. The highest BCUT2D eigenvalue weighted by atomic mass is 79.9. The van der Waals surface area contributed by atoms with Gasteiger partial charge < -0.3 is 4.42 Å². The van der Waals surface area contributed by atoms with Gasteiger partial charge in [-0.05, 0) is 34.4 Å². The van der Waals surface area contributed by atoms with Crippen molar-refractivity contribution >= 4 is 27.0 Å². The molecule has 1 aliphatic carbocycles. The van der Waals surface area contributed by atoms with Crippen molar-refractivity contribution in [3.05, 3.63) is 34.3 Å². The number of aromatic nitrogens is 1. The summed E-state index contributed by atoms with van der Waals surface area (Å²) in [6.07, 6.45) is 0. The molecule has 1 heterocycles. The van der Waals surface area contributed by atoms with Crippen molar-refractivity contribution in [2.24, 2.45) is 23.8 Å². The number of aryl methyl sites for hydroxylation is 1. The molecule has 0 N–H and O–H groups in total. The van der Waals surface area contributed by atoms with Gasteiger partial charge in [-0.3, -0.25) is 4.57 Å². The summed E-state index contributed by atoms with van der Waals surface area (Å²) in [6, 6.07) is 6.04. The second-order valence-electron chi connectivity index (χ2n) is 6.98. The van der Waals surface area contributed by atoms with Crippen LogP contribution in [-0.4, -0.2) is 4.57 Å². The van der Waals surface area contributed by atoms with Crippen LogP contribution >= 0.6 is 15.9 Å². The van der Waals surface area contributed by atoms with Crippen LogP contribution in [0.25, 0.3) is 11.1 Å². The minimum Gasteiger partial charge on any atom is -0.408 e. The maximum absolute atomic E-state index is 11.6. The highest BCUT2D eigenvalue weighted by molar-refractivity contribution is 9.09. The number of rotatable bonds is 2. The van der Waals surface area contributed by atoms with Crippen LogP contribution in [0.2, 0.25) is 0 Å². The molecule has 1 saturated carbocycles. The predicted molar refractivity (Wildman–Crippen MR) is 84.2 cm³/mol. The van der Waals surface area contributed by atoms with Crippen LogP contribution in [0.15, 0.2) is 27.4 Å². The average Bonchev–Trinajstić information content (AvgIpc) is 2.61. The molecule has 1 aliphatic rings. The number of benzene rings is 1. The first-order chi connectivity index (χ1) is 9.18. The molecule has 1 unspecified atom stereocenters. The Morgan fingerprint density at radius 2 is 1.85 bits per heavy atom. The lowest BCUT2D eigenvalue weighted by Crippen LogP contribution is -2.08. The zero-order chi connectivity index (χ0) is 14.9. The van der Waals surface area contributed by atoms with Gasteiger partial charge in [0.25, 0.3) is 0 Å². The maximum Gasteiger partial charge on any atom is 0.419 e. The van der Waals surface area contributed by atoms with E-state index in [1.54, 1.807) is 7.05 Å². The average molecular weight is 338 g/mol. The van der Waals surface area contributed by atoms with Crippen molar-refractivity contribution < 1.29 is 4.42 Å². The first-order valence-electron chi connectivity index (χ1n) is 6.91. The van der Waals surface area contributed by atoms with Gasteiger partial charge in [-0.15, -0.1) is 0 Å². The van der Waals surface area contributed by atoms with Gasteiger partial charge >= 0.3 is 5.76 Å². The van der Waals surface area contributed by atoms with Gasteiger partial charge in [0.15, 0.2) is 5.58 Å². The van der Waals surface area contributed by atoms with Crippen LogP contribution in [0, 0.1) is 16.7 Å². The summed E-state index contributed by atoms with van der Waals surface area (Å²) in [4.78, 5) is 11.8. The van der Waals surface area contributed by atoms with E-state index in [1.165, 1.54) is 10.1 Å². The van der Waals surface area contributed by atoms with Crippen molar-refractivity contribution in [2.75, 3.05) is 0 Å². The van der Waals surface area contributed by atoms with Gasteiger partial charge in [0.2, 0.25) is 0 Å². The lowest BCUT2D eigenvalue weighted by molar-refractivity contribution is 0.457. The van der Waals surface area contributed by atoms with Crippen molar-refractivity contribution in [1.29, 1.82) is 0 Å². The molecule has 0 radical (unpaired) electrons. The summed E-state index contributed by atoms with van der Waals surface area (Å²) >= 11 is 3.85. The normalized spacial score (nSPS) is 22.1. The fourth-order valence-electron chi connectivity index (χ4n) is 3.49. The number of nitrogens with zero attached hydrogens (tertiary/aromatic N) is 1. The third-order valence-corrected chi connectivity index (χ3v) is 6.62. The van der Waals surface area contributed by atoms with E-state index < -0.39 is 0 Å². The second-order valence-corrected chi connectivity index (χ2v) is 7.96. The summed E-state index contributed by atoms with van der Waals surface area (Å²) in [7, 11) is 1.73. The number of alkyl halides is 1. The van der Waals surface area contributed by atoms with E-state index in [9.17, 15) is 4.79 Å². The summed E-state index contributed by atoms with van der Waals surface area (Å²) in [5.74, 6) is 0.262. The minimum absolute atomic E-state index is 0.280. The molecule has 0 saturated heterocycles. The van der Waals surface area contributed by atoms with Crippen molar-refractivity contribution in [2.45, 2.75) is 32.5 Å². The zero-order valence-corrected chi connectivity index (χ0v) is 14.1. The van der Waals surface area contributed by atoms with Crippen LogP contribution < -0.4 is 5.76 Å². The first kappa shape index (κ1) is 13.9. The highest BCUT2D eigenvalue weighted by Gasteiger charge is 2.66. The van der Waals surface area contributed by atoms with E-state index >= 15 is 0 Å². The molecule has 3 nitrogen and oxygen atoms in total. The molecule has 108 valence electrons. The monoisotopic (exact) mass is 337 g/mol. The zero-order valence-electron chi connectivity index (χ0n) is 12.5. The number of hydrogen-bond donors (Lipinski definition) is 0. The topological polar surface area (TPSA) is 35.1 Å². The second kappa shape index (κ2) is 4.00.